The second-order valence-electron chi connectivity index (χ2n) is 4.28. The Hall–Kier alpha value is -1.89. The van der Waals surface area contributed by atoms with Gasteiger partial charge in [-0.2, -0.15) is 5.10 Å². The zero-order chi connectivity index (χ0) is 12.6. The number of rotatable bonds is 2. The Bertz CT molecular complexity index is 470. The highest BCUT2D eigenvalue weighted by atomic mass is 16.4. The third kappa shape index (κ3) is 1.89. The third-order valence-corrected chi connectivity index (χ3v) is 3.05. The number of carbonyl (C=O) groups excluding carboxylic acids is 1. The molecule has 1 aliphatic rings. The predicted molar refractivity (Wildman–Crippen MR) is 58.3 cm³/mol. The molecule has 0 saturated carbocycles. The molecule has 1 amide bonds. The van der Waals surface area contributed by atoms with E-state index in [1.54, 1.807) is 13.1 Å². The maximum Gasteiger partial charge on any atom is 0.325 e. The monoisotopic (exact) mass is 238 g/mol. The number of likely N-dealkylation sites (tertiary alicyclic amines) is 1. The molecule has 1 atom stereocenters. The zero-order valence-corrected chi connectivity index (χ0v) is 9.46. The van der Waals surface area contributed by atoms with Gasteiger partial charge in [0, 0.05) is 26.3 Å². The van der Waals surface area contributed by atoms with Crippen molar-refractivity contribution in [2.45, 2.75) is 12.0 Å². The topological polar surface area (TPSA) is 101 Å². The SMILES string of the molecule is Cn1nccc1C(=O)N1CCC(N)(C(=O)O)C1. The summed E-state index contributed by atoms with van der Waals surface area (Å²) in [5.41, 5.74) is 4.81. The molecule has 1 fully saturated rings. The van der Waals surface area contributed by atoms with Crippen LogP contribution >= 0.6 is 0 Å². The summed E-state index contributed by atoms with van der Waals surface area (Å²) in [6.07, 6.45) is 1.79. The fourth-order valence-electron chi connectivity index (χ4n) is 1.93. The standard InChI is InChI=1S/C10H14N4O3/c1-13-7(2-4-12-13)8(15)14-5-3-10(11,6-14)9(16)17/h2,4H,3,5-6,11H2,1H3,(H,16,17). The first-order valence-corrected chi connectivity index (χ1v) is 5.23. The van der Waals surface area contributed by atoms with Crippen LogP contribution in [0.4, 0.5) is 0 Å². The molecule has 0 radical (unpaired) electrons. The Balaban J connectivity index is 2.15. The Morgan fingerprint density at radius 1 is 1.59 bits per heavy atom. The largest absolute Gasteiger partial charge is 0.480 e. The molecule has 1 aliphatic heterocycles. The number of aromatic nitrogens is 2. The van der Waals surface area contributed by atoms with Crippen LogP contribution in [0, 0.1) is 0 Å². The number of carboxylic acids is 1. The van der Waals surface area contributed by atoms with E-state index in [0.29, 0.717) is 12.2 Å². The molecule has 1 aromatic heterocycles. The van der Waals surface area contributed by atoms with Crippen LogP contribution in [0.1, 0.15) is 16.9 Å². The second-order valence-corrected chi connectivity index (χ2v) is 4.28. The maximum atomic E-state index is 12.1. The summed E-state index contributed by atoms with van der Waals surface area (Å²) in [5, 5.41) is 12.9. The average Bonchev–Trinajstić information content (AvgIpc) is 2.85. The number of aliphatic carboxylic acids is 1. The molecule has 0 bridgehead atoms. The molecule has 2 rings (SSSR count). The van der Waals surface area contributed by atoms with Crippen LogP contribution in [0.5, 0.6) is 0 Å². The van der Waals surface area contributed by atoms with Gasteiger partial charge in [-0.25, -0.2) is 0 Å². The van der Waals surface area contributed by atoms with E-state index in [-0.39, 0.29) is 18.9 Å². The Kier molecular flexibility index (Phi) is 2.62. The van der Waals surface area contributed by atoms with Gasteiger partial charge in [-0.05, 0) is 12.5 Å². The average molecular weight is 238 g/mol. The van der Waals surface area contributed by atoms with Gasteiger partial charge in [-0.15, -0.1) is 0 Å². The van der Waals surface area contributed by atoms with Crippen molar-refractivity contribution in [3.05, 3.63) is 18.0 Å². The van der Waals surface area contributed by atoms with Crippen molar-refractivity contribution in [1.29, 1.82) is 0 Å². The Labute approximate surface area is 97.8 Å². The van der Waals surface area contributed by atoms with Crippen molar-refractivity contribution in [2.75, 3.05) is 13.1 Å². The second kappa shape index (κ2) is 3.85. The van der Waals surface area contributed by atoms with Crippen molar-refractivity contribution < 1.29 is 14.7 Å². The summed E-state index contributed by atoms with van der Waals surface area (Å²) in [5.74, 6) is -1.31. The van der Waals surface area contributed by atoms with Crippen molar-refractivity contribution in [3.63, 3.8) is 0 Å². The molecule has 7 nitrogen and oxygen atoms in total. The molecular formula is C10H14N4O3. The van der Waals surface area contributed by atoms with Crippen molar-refractivity contribution >= 4 is 11.9 Å². The maximum absolute atomic E-state index is 12.1. The molecule has 92 valence electrons. The Morgan fingerprint density at radius 3 is 2.76 bits per heavy atom. The van der Waals surface area contributed by atoms with Gasteiger partial charge in [-0.3, -0.25) is 14.3 Å². The van der Waals surface area contributed by atoms with E-state index in [1.807, 2.05) is 0 Å². The third-order valence-electron chi connectivity index (χ3n) is 3.05. The van der Waals surface area contributed by atoms with Crippen LogP contribution in [-0.4, -0.2) is 50.3 Å². The van der Waals surface area contributed by atoms with E-state index in [0.717, 1.165) is 0 Å². The van der Waals surface area contributed by atoms with Crippen molar-refractivity contribution in [3.8, 4) is 0 Å². The summed E-state index contributed by atoms with van der Waals surface area (Å²) in [6.45, 7) is 0.388. The number of hydrogen-bond donors (Lipinski definition) is 2. The van der Waals surface area contributed by atoms with Crippen molar-refractivity contribution in [2.24, 2.45) is 12.8 Å². The highest BCUT2D eigenvalue weighted by Crippen LogP contribution is 2.20. The molecule has 3 N–H and O–H groups in total. The lowest BCUT2D eigenvalue weighted by Gasteiger charge is -2.20. The van der Waals surface area contributed by atoms with Gasteiger partial charge in [0.1, 0.15) is 11.2 Å². The molecule has 17 heavy (non-hydrogen) atoms. The number of nitrogens with zero attached hydrogens (tertiary/aromatic N) is 3. The molecule has 0 aromatic carbocycles. The zero-order valence-electron chi connectivity index (χ0n) is 9.46. The van der Waals surface area contributed by atoms with Crippen LogP contribution in [0.2, 0.25) is 0 Å². The van der Waals surface area contributed by atoms with Crippen LogP contribution in [-0.2, 0) is 11.8 Å². The number of aryl methyl sites for hydroxylation is 1. The molecule has 0 spiro atoms. The van der Waals surface area contributed by atoms with Gasteiger partial charge in [0.05, 0.1) is 0 Å². The van der Waals surface area contributed by atoms with Crippen LogP contribution < -0.4 is 5.73 Å². The highest BCUT2D eigenvalue weighted by Gasteiger charge is 2.43. The van der Waals surface area contributed by atoms with E-state index in [4.69, 9.17) is 10.8 Å². The molecule has 7 heteroatoms. The van der Waals surface area contributed by atoms with Crippen LogP contribution in [0.3, 0.4) is 0 Å². The summed E-state index contributed by atoms with van der Waals surface area (Å²) in [7, 11) is 1.66. The quantitative estimate of drug-likeness (QED) is 0.691. The number of nitrogens with two attached hydrogens (primary N) is 1. The first-order chi connectivity index (χ1) is 7.94. The predicted octanol–water partition coefficient (Wildman–Crippen LogP) is -0.952. The van der Waals surface area contributed by atoms with Gasteiger partial charge in [0.25, 0.3) is 5.91 Å². The molecule has 1 saturated heterocycles. The lowest BCUT2D eigenvalue weighted by Crippen LogP contribution is -2.50. The molecule has 0 aliphatic carbocycles. The number of hydrogen-bond acceptors (Lipinski definition) is 4. The van der Waals surface area contributed by atoms with Gasteiger partial charge >= 0.3 is 5.97 Å². The fraction of sp³-hybridized carbons (Fsp3) is 0.500. The minimum absolute atomic E-state index is 0.0341. The van der Waals surface area contributed by atoms with Gasteiger partial charge < -0.3 is 15.7 Å². The smallest absolute Gasteiger partial charge is 0.325 e. The lowest BCUT2D eigenvalue weighted by molar-refractivity contribution is -0.142. The summed E-state index contributed by atoms with van der Waals surface area (Å²) < 4.78 is 1.46. The van der Waals surface area contributed by atoms with E-state index in [9.17, 15) is 9.59 Å². The van der Waals surface area contributed by atoms with E-state index >= 15 is 0 Å². The van der Waals surface area contributed by atoms with E-state index < -0.39 is 11.5 Å². The number of amides is 1. The lowest BCUT2D eigenvalue weighted by atomic mass is 10.0. The van der Waals surface area contributed by atoms with Crippen LogP contribution in [0.15, 0.2) is 12.3 Å². The number of carbonyl (C=O) groups is 2. The summed E-state index contributed by atoms with van der Waals surface area (Å²) >= 11 is 0. The molecular weight excluding hydrogens is 224 g/mol. The van der Waals surface area contributed by atoms with Gasteiger partial charge in [0.15, 0.2) is 0 Å². The van der Waals surface area contributed by atoms with Gasteiger partial charge in [0.2, 0.25) is 0 Å². The van der Waals surface area contributed by atoms with Crippen LogP contribution in [0.25, 0.3) is 0 Å². The minimum atomic E-state index is -1.33. The molecule has 1 unspecified atom stereocenters. The van der Waals surface area contributed by atoms with E-state index in [2.05, 4.69) is 5.10 Å². The van der Waals surface area contributed by atoms with Crippen molar-refractivity contribution in [1.82, 2.24) is 14.7 Å². The Morgan fingerprint density at radius 2 is 2.29 bits per heavy atom. The van der Waals surface area contributed by atoms with E-state index in [1.165, 1.54) is 15.8 Å². The highest BCUT2D eigenvalue weighted by molar-refractivity contribution is 5.93. The molecule has 1 aromatic rings. The minimum Gasteiger partial charge on any atom is -0.480 e. The fourth-order valence-corrected chi connectivity index (χ4v) is 1.93. The normalized spacial score (nSPS) is 24.0. The van der Waals surface area contributed by atoms with Gasteiger partial charge in [-0.1, -0.05) is 0 Å². The number of carboxylic acid groups (broad SMARTS) is 1. The molecule has 2 heterocycles. The first-order valence-electron chi connectivity index (χ1n) is 5.23. The summed E-state index contributed by atoms with van der Waals surface area (Å²) in [6, 6.07) is 1.60. The summed E-state index contributed by atoms with van der Waals surface area (Å²) in [4.78, 5) is 24.5. The first kappa shape index (κ1) is 11.6.